The first-order valence-electron chi connectivity index (χ1n) is 8.65. The van der Waals surface area contributed by atoms with Crippen LogP contribution in [0.3, 0.4) is 0 Å². The van der Waals surface area contributed by atoms with Crippen molar-refractivity contribution in [2.75, 3.05) is 0 Å². The van der Waals surface area contributed by atoms with Gasteiger partial charge in [-0.05, 0) is 30.7 Å². The molecule has 1 unspecified atom stereocenters. The fraction of sp³-hybridized carbons (Fsp3) is 0.0952. The predicted octanol–water partition coefficient (Wildman–Crippen LogP) is 4.27. The van der Waals surface area contributed by atoms with E-state index in [1.807, 2.05) is 67.6 Å². The van der Waals surface area contributed by atoms with Crippen LogP contribution in [-0.2, 0) is 10.0 Å². The number of benzene rings is 3. The summed E-state index contributed by atoms with van der Waals surface area (Å²) in [5.74, 6) is 0.714. The minimum atomic E-state index is -3.65. The lowest BCUT2D eigenvalue weighted by molar-refractivity contribution is 0.567. The summed E-state index contributed by atoms with van der Waals surface area (Å²) in [6.07, 6.45) is 0. The molecule has 5 nitrogen and oxygen atoms in total. The monoisotopic (exact) mass is 377 g/mol. The highest BCUT2D eigenvalue weighted by Crippen LogP contribution is 2.23. The highest BCUT2D eigenvalue weighted by Gasteiger charge is 2.19. The van der Waals surface area contributed by atoms with Gasteiger partial charge in [0.05, 0.1) is 15.9 Å². The molecule has 6 heteroatoms. The largest absolute Gasteiger partial charge is 0.338 e. The SMILES string of the molecule is CC(NS(=O)(=O)c1ccc2nc(-c3ccccc3)[nH]c2c1)c1ccccc1. The van der Waals surface area contributed by atoms with Crippen molar-refractivity contribution in [3.8, 4) is 11.4 Å². The van der Waals surface area contributed by atoms with Crippen LogP contribution < -0.4 is 4.72 Å². The number of fused-ring (bicyclic) bond motifs is 1. The van der Waals surface area contributed by atoms with Crippen molar-refractivity contribution in [2.45, 2.75) is 17.9 Å². The van der Waals surface area contributed by atoms with Gasteiger partial charge in [-0.3, -0.25) is 0 Å². The van der Waals surface area contributed by atoms with Gasteiger partial charge in [0, 0.05) is 11.6 Å². The Labute approximate surface area is 158 Å². The van der Waals surface area contributed by atoms with Crippen LogP contribution in [-0.4, -0.2) is 18.4 Å². The van der Waals surface area contributed by atoms with E-state index in [4.69, 9.17) is 0 Å². The van der Waals surface area contributed by atoms with Crippen LogP contribution in [0.5, 0.6) is 0 Å². The molecule has 3 aromatic carbocycles. The minimum Gasteiger partial charge on any atom is -0.338 e. The molecule has 0 amide bonds. The first kappa shape index (κ1) is 17.5. The molecule has 0 spiro atoms. The normalized spacial score (nSPS) is 12.9. The number of imidazole rings is 1. The van der Waals surface area contributed by atoms with Crippen LogP contribution in [0, 0.1) is 0 Å². The number of aromatic nitrogens is 2. The third-order valence-electron chi connectivity index (χ3n) is 4.44. The van der Waals surface area contributed by atoms with Crippen LogP contribution in [0.15, 0.2) is 83.8 Å². The van der Waals surface area contributed by atoms with Crippen molar-refractivity contribution in [2.24, 2.45) is 0 Å². The number of hydrogen-bond acceptors (Lipinski definition) is 3. The summed E-state index contributed by atoms with van der Waals surface area (Å²) in [4.78, 5) is 7.96. The number of nitrogens with one attached hydrogen (secondary N) is 2. The molecule has 0 aliphatic rings. The second-order valence-corrected chi connectivity index (χ2v) is 8.10. The van der Waals surface area contributed by atoms with Gasteiger partial charge in [0.1, 0.15) is 5.82 Å². The smallest absolute Gasteiger partial charge is 0.241 e. The zero-order valence-corrected chi connectivity index (χ0v) is 15.6. The van der Waals surface area contributed by atoms with E-state index in [0.29, 0.717) is 11.3 Å². The summed E-state index contributed by atoms with van der Waals surface area (Å²) in [6.45, 7) is 1.83. The number of aromatic amines is 1. The van der Waals surface area contributed by atoms with Crippen molar-refractivity contribution >= 4 is 21.1 Å². The topological polar surface area (TPSA) is 74.8 Å². The van der Waals surface area contributed by atoms with Gasteiger partial charge in [0.15, 0.2) is 0 Å². The average Bonchev–Trinajstić information content (AvgIpc) is 3.12. The molecule has 4 rings (SSSR count). The third-order valence-corrected chi connectivity index (χ3v) is 5.98. The Hall–Kier alpha value is -2.96. The zero-order chi connectivity index (χ0) is 18.9. The third kappa shape index (κ3) is 3.63. The molecule has 0 fully saturated rings. The Balaban J connectivity index is 1.65. The minimum absolute atomic E-state index is 0.209. The summed E-state index contributed by atoms with van der Waals surface area (Å²) < 4.78 is 28.3. The summed E-state index contributed by atoms with van der Waals surface area (Å²) >= 11 is 0. The summed E-state index contributed by atoms with van der Waals surface area (Å²) in [7, 11) is -3.65. The fourth-order valence-corrected chi connectivity index (χ4v) is 4.26. The molecule has 0 aliphatic carbocycles. The molecule has 1 aromatic heterocycles. The quantitative estimate of drug-likeness (QED) is 0.545. The van der Waals surface area contributed by atoms with E-state index in [1.165, 1.54) is 0 Å². The number of nitrogens with zero attached hydrogens (tertiary/aromatic N) is 1. The molecule has 0 radical (unpaired) electrons. The number of rotatable bonds is 5. The molecule has 136 valence electrons. The fourth-order valence-electron chi connectivity index (χ4n) is 3.00. The molecular weight excluding hydrogens is 358 g/mol. The van der Waals surface area contributed by atoms with Gasteiger partial charge in [-0.15, -0.1) is 0 Å². The first-order valence-corrected chi connectivity index (χ1v) is 10.1. The van der Waals surface area contributed by atoms with Gasteiger partial charge in [0.2, 0.25) is 10.0 Å². The highest BCUT2D eigenvalue weighted by molar-refractivity contribution is 7.89. The highest BCUT2D eigenvalue weighted by atomic mass is 32.2. The molecule has 0 saturated carbocycles. The zero-order valence-electron chi connectivity index (χ0n) is 14.8. The van der Waals surface area contributed by atoms with E-state index in [1.54, 1.807) is 18.2 Å². The van der Waals surface area contributed by atoms with Gasteiger partial charge in [0.25, 0.3) is 0 Å². The van der Waals surface area contributed by atoms with E-state index in [-0.39, 0.29) is 10.9 Å². The maximum Gasteiger partial charge on any atom is 0.241 e. The van der Waals surface area contributed by atoms with E-state index in [0.717, 1.165) is 16.6 Å². The van der Waals surface area contributed by atoms with E-state index in [9.17, 15) is 8.42 Å². The van der Waals surface area contributed by atoms with Gasteiger partial charge < -0.3 is 4.98 Å². The van der Waals surface area contributed by atoms with Crippen molar-refractivity contribution in [3.63, 3.8) is 0 Å². The molecule has 2 N–H and O–H groups in total. The molecule has 1 heterocycles. The van der Waals surface area contributed by atoms with Gasteiger partial charge >= 0.3 is 0 Å². The Morgan fingerprint density at radius 2 is 1.59 bits per heavy atom. The predicted molar refractivity (Wildman–Crippen MR) is 107 cm³/mol. The maximum atomic E-state index is 12.8. The lowest BCUT2D eigenvalue weighted by atomic mass is 10.1. The standard InChI is InChI=1S/C21H19N3O2S/c1-15(16-8-4-2-5-9-16)24-27(25,26)18-12-13-19-20(14-18)23-21(22-19)17-10-6-3-7-11-17/h2-15,24H,1H3,(H,22,23). The summed E-state index contributed by atoms with van der Waals surface area (Å²) in [5, 5.41) is 0. The molecule has 1 atom stereocenters. The molecule has 27 heavy (non-hydrogen) atoms. The van der Waals surface area contributed by atoms with Gasteiger partial charge in [-0.1, -0.05) is 60.7 Å². The molecule has 0 saturated heterocycles. The Bertz CT molecular complexity index is 1170. The Morgan fingerprint density at radius 3 is 2.30 bits per heavy atom. The van der Waals surface area contributed by atoms with E-state index >= 15 is 0 Å². The Morgan fingerprint density at radius 1 is 0.926 bits per heavy atom. The van der Waals surface area contributed by atoms with Crippen LogP contribution in [0.1, 0.15) is 18.5 Å². The maximum absolute atomic E-state index is 12.8. The van der Waals surface area contributed by atoms with Crippen molar-refractivity contribution in [3.05, 3.63) is 84.4 Å². The number of hydrogen-bond donors (Lipinski definition) is 2. The Kier molecular flexibility index (Phi) is 4.51. The van der Waals surface area contributed by atoms with Crippen molar-refractivity contribution < 1.29 is 8.42 Å². The summed E-state index contributed by atoms with van der Waals surface area (Å²) in [5.41, 5.74) is 3.27. The van der Waals surface area contributed by atoms with Gasteiger partial charge in [-0.2, -0.15) is 0 Å². The molecule has 4 aromatic rings. The number of sulfonamides is 1. The molecular formula is C21H19N3O2S. The molecule has 0 aliphatic heterocycles. The first-order chi connectivity index (χ1) is 13.0. The van der Waals surface area contributed by atoms with E-state index in [2.05, 4.69) is 14.7 Å². The van der Waals surface area contributed by atoms with Crippen LogP contribution in [0.25, 0.3) is 22.4 Å². The van der Waals surface area contributed by atoms with Gasteiger partial charge in [-0.25, -0.2) is 18.1 Å². The summed E-state index contributed by atoms with van der Waals surface area (Å²) in [6, 6.07) is 23.8. The van der Waals surface area contributed by atoms with Crippen LogP contribution in [0.4, 0.5) is 0 Å². The second-order valence-electron chi connectivity index (χ2n) is 6.38. The van der Waals surface area contributed by atoms with Crippen molar-refractivity contribution in [1.82, 2.24) is 14.7 Å². The lowest BCUT2D eigenvalue weighted by Gasteiger charge is -2.14. The van der Waals surface area contributed by atoms with Crippen LogP contribution in [0.2, 0.25) is 0 Å². The number of H-pyrrole nitrogens is 1. The second kappa shape index (κ2) is 6.98. The van der Waals surface area contributed by atoms with E-state index < -0.39 is 10.0 Å². The van der Waals surface area contributed by atoms with Crippen LogP contribution >= 0.6 is 0 Å². The lowest BCUT2D eigenvalue weighted by Crippen LogP contribution is -2.26. The average molecular weight is 377 g/mol. The van der Waals surface area contributed by atoms with Crippen molar-refractivity contribution in [1.29, 1.82) is 0 Å². The molecule has 0 bridgehead atoms.